The molecule has 1 fully saturated rings. The van der Waals surface area contributed by atoms with Crippen molar-refractivity contribution in [1.82, 2.24) is 9.97 Å². The van der Waals surface area contributed by atoms with Crippen LogP contribution in [0.25, 0.3) is 0 Å². The van der Waals surface area contributed by atoms with E-state index >= 15 is 0 Å². The Morgan fingerprint density at radius 1 is 1.37 bits per heavy atom. The van der Waals surface area contributed by atoms with Crippen LogP contribution in [0.5, 0.6) is 0 Å². The van der Waals surface area contributed by atoms with Crippen molar-refractivity contribution >= 4 is 11.6 Å². The first-order chi connectivity index (χ1) is 9.28. The van der Waals surface area contributed by atoms with E-state index in [0.717, 1.165) is 23.9 Å². The summed E-state index contributed by atoms with van der Waals surface area (Å²) in [6, 6.07) is 2.49. The zero-order chi connectivity index (χ0) is 13.7. The van der Waals surface area contributed by atoms with Gasteiger partial charge in [0, 0.05) is 32.1 Å². The van der Waals surface area contributed by atoms with Crippen LogP contribution < -0.4 is 10.2 Å². The third-order valence-electron chi connectivity index (χ3n) is 3.73. The molecule has 0 saturated heterocycles. The van der Waals surface area contributed by atoms with Gasteiger partial charge in [0.05, 0.1) is 6.61 Å². The van der Waals surface area contributed by atoms with Gasteiger partial charge in [0.1, 0.15) is 17.5 Å². The van der Waals surface area contributed by atoms with Crippen molar-refractivity contribution in [1.29, 1.82) is 0 Å². The molecule has 0 aliphatic heterocycles. The molecule has 1 aromatic rings. The zero-order valence-corrected chi connectivity index (χ0v) is 11.9. The zero-order valence-electron chi connectivity index (χ0n) is 11.9. The molecule has 2 N–H and O–H groups in total. The summed E-state index contributed by atoms with van der Waals surface area (Å²) in [6.45, 7) is 2.87. The summed E-state index contributed by atoms with van der Waals surface area (Å²) in [6.07, 6.45) is 5.76. The highest BCUT2D eigenvalue weighted by Crippen LogP contribution is 2.28. The van der Waals surface area contributed by atoms with E-state index in [2.05, 4.69) is 27.1 Å². The molecular weight excluding hydrogens is 240 g/mol. The number of hydrogen-bond acceptors (Lipinski definition) is 5. The third-order valence-corrected chi connectivity index (χ3v) is 3.73. The van der Waals surface area contributed by atoms with Gasteiger partial charge in [-0.05, 0) is 12.8 Å². The number of aromatic nitrogens is 2. The van der Waals surface area contributed by atoms with E-state index in [1.807, 2.05) is 13.1 Å². The Morgan fingerprint density at radius 2 is 2.11 bits per heavy atom. The van der Waals surface area contributed by atoms with E-state index in [9.17, 15) is 5.11 Å². The molecule has 2 rings (SSSR count). The van der Waals surface area contributed by atoms with Gasteiger partial charge >= 0.3 is 0 Å². The predicted octanol–water partition coefficient (Wildman–Crippen LogP) is 1.82. The smallest absolute Gasteiger partial charge is 0.134 e. The van der Waals surface area contributed by atoms with Crippen molar-refractivity contribution in [3.8, 4) is 0 Å². The maximum Gasteiger partial charge on any atom is 0.134 e. The number of nitrogens with one attached hydrogen (secondary N) is 1. The lowest BCUT2D eigenvalue weighted by Crippen LogP contribution is -2.36. The van der Waals surface area contributed by atoms with Gasteiger partial charge in [-0.15, -0.1) is 0 Å². The normalized spacial score (nSPS) is 15.7. The lowest BCUT2D eigenvalue weighted by molar-refractivity contribution is 0.296. The van der Waals surface area contributed by atoms with E-state index in [1.165, 1.54) is 25.7 Å². The van der Waals surface area contributed by atoms with Crippen molar-refractivity contribution in [2.45, 2.75) is 45.1 Å². The van der Waals surface area contributed by atoms with E-state index in [1.54, 1.807) is 0 Å². The maximum atomic E-state index is 9.31. The molecule has 1 aliphatic carbocycles. The summed E-state index contributed by atoms with van der Waals surface area (Å²) >= 11 is 0. The molecule has 0 unspecified atom stereocenters. The van der Waals surface area contributed by atoms with E-state index in [-0.39, 0.29) is 6.61 Å². The SMILES string of the molecule is CCc1nc(NC)cc(N(CCO)C2CCCC2)n1. The second-order valence-electron chi connectivity index (χ2n) is 4.99. The number of anilines is 2. The molecule has 1 saturated carbocycles. The van der Waals surface area contributed by atoms with Gasteiger partial charge < -0.3 is 15.3 Å². The second kappa shape index (κ2) is 6.70. The van der Waals surface area contributed by atoms with Crippen molar-refractivity contribution < 1.29 is 5.11 Å². The number of rotatable bonds is 6. The largest absolute Gasteiger partial charge is 0.395 e. The molecule has 0 aromatic carbocycles. The molecule has 0 amide bonds. The first-order valence-corrected chi connectivity index (χ1v) is 7.21. The Balaban J connectivity index is 2.28. The van der Waals surface area contributed by atoms with Crippen molar-refractivity contribution in [3.63, 3.8) is 0 Å². The van der Waals surface area contributed by atoms with Crippen LogP contribution in [0.3, 0.4) is 0 Å². The summed E-state index contributed by atoms with van der Waals surface area (Å²) in [7, 11) is 1.87. The van der Waals surface area contributed by atoms with Gasteiger partial charge in [-0.3, -0.25) is 0 Å². The monoisotopic (exact) mass is 264 g/mol. The van der Waals surface area contributed by atoms with Crippen molar-refractivity contribution in [3.05, 3.63) is 11.9 Å². The van der Waals surface area contributed by atoms with E-state index in [4.69, 9.17) is 0 Å². The summed E-state index contributed by atoms with van der Waals surface area (Å²) in [5.41, 5.74) is 0. The highest BCUT2D eigenvalue weighted by atomic mass is 16.3. The number of aliphatic hydroxyl groups is 1. The topological polar surface area (TPSA) is 61.3 Å². The van der Waals surface area contributed by atoms with Crippen LogP contribution in [0.2, 0.25) is 0 Å². The van der Waals surface area contributed by atoms with Crippen LogP contribution in [0.1, 0.15) is 38.4 Å². The van der Waals surface area contributed by atoms with Gasteiger partial charge in [0.2, 0.25) is 0 Å². The quantitative estimate of drug-likeness (QED) is 0.820. The molecule has 0 atom stereocenters. The average Bonchev–Trinajstić information content (AvgIpc) is 2.97. The van der Waals surface area contributed by atoms with Gasteiger partial charge in [-0.1, -0.05) is 19.8 Å². The van der Waals surface area contributed by atoms with Crippen LogP contribution in [0.4, 0.5) is 11.6 Å². The van der Waals surface area contributed by atoms with Crippen molar-refractivity contribution in [2.24, 2.45) is 0 Å². The molecule has 5 nitrogen and oxygen atoms in total. The Morgan fingerprint density at radius 3 is 2.68 bits per heavy atom. The van der Waals surface area contributed by atoms with Crippen LogP contribution in [0, 0.1) is 0 Å². The van der Waals surface area contributed by atoms with Crippen LogP contribution in [-0.2, 0) is 6.42 Å². The molecule has 1 aliphatic rings. The second-order valence-corrected chi connectivity index (χ2v) is 4.99. The van der Waals surface area contributed by atoms with E-state index in [0.29, 0.717) is 12.6 Å². The molecule has 106 valence electrons. The number of nitrogens with zero attached hydrogens (tertiary/aromatic N) is 3. The fourth-order valence-corrected chi connectivity index (χ4v) is 2.72. The lowest BCUT2D eigenvalue weighted by atomic mass is 10.2. The third kappa shape index (κ3) is 3.35. The summed E-state index contributed by atoms with van der Waals surface area (Å²) in [5.74, 6) is 2.64. The number of hydrogen-bond donors (Lipinski definition) is 2. The standard InChI is InChI=1S/C14H24N4O/c1-3-12-16-13(15-2)10-14(17-12)18(8-9-19)11-6-4-5-7-11/h10-11,19H,3-9H2,1-2H3,(H,15,16,17). The highest BCUT2D eigenvalue weighted by molar-refractivity contribution is 5.50. The minimum absolute atomic E-state index is 0.164. The first kappa shape index (κ1) is 14.1. The maximum absolute atomic E-state index is 9.31. The number of aliphatic hydroxyl groups excluding tert-OH is 1. The lowest BCUT2D eigenvalue weighted by Gasteiger charge is -2.29. The molecule has 0 radical (unpaired) electrons. The minimum Gasteiger partial charge on any atom is -0.395 e. The van der Waals surface area contributed by atoms with Crippen molar-refractivity contribution in [2.75, 3.05) is 30.4 Å². The van der Waals surface area contributed by atoms with Gasteiger partial charge in [0.25, 0.3) is 0 Å². The molecular formula is C14H24N4O. The summed E-state index contributed by atoms with van der Waals surface area (Å²) in [5, 5.41) is 12.4. The summed E-state index contributed by atoms with van der Waals surface area (Å²) < 4.78 is 0. The Bertz CT molecular complexity index is 382. The summed E-state index contributed by atoms with van der Waals surface area (Å²) in [4.78, 5) is 11.3. The molecule has 19 heavy (non-hydrogen) atoms. The van der Waals surface area contributed by atoms with Gasteiger partial charge in [-0.25, -0.2) is 9.97 Å². The van der Waals surface area contributed by atoms with Crippen LogP contribution in [-0.4, -0.2) is 41.3 Å². The fraction of sp³-hybridized carbons (Fsp3) is 0.714. The van der Waals surface area contributed by atoms with Gasteiger partial charge in [-0.2, -0.15) is 0 Å². The first-order valence-electron chi connectivity index (χ1n) is 7.21. The highest BCUT2D eigenvalue weighted by Gasteiger charge is 2.24. The van der Waals surface area contributed by atoms with E-state index < -0.39 is 0 Å². The Hall–Kier alpha value is -1.36. The number of aryl methyl sites for hydroxylation is 1. The van der Waals surface area contributed by atoms with Crippen LogP contribution >= 0.6 is 0 Å². The Kier molecular flexibility index (Phi) is 4.96. The Labute approximate surface area is 115 Å². The molecule has 0 bridgehead atoms. The predicted molar refractivity (Wildman–Crippen MR) is 77.6 cm³/mol. The molecule has 1 heterocycles. The molecule has 5 heteroatoms. The molecule has 0 spiro atoms. The minimum atomic E-state index is 0.164. The van der Waals surface area contributed by atoms with Gasteiger partial charge in [0.15, 0.2) is 0 Å². The fourth-order valence-electron chi connectivity index (χ4n) is 2.72. The average molecular weight is 264 g/mol. The molecule has 1 aromatic heterocycles. The van der Waals surface area contributed by atoms with Crippen LogP contribution in [0.15, 0.2) is 6.07 Å².